The van der Waals surface area contributed by atoms with Crippen molar-refractivity contribution in [3.8, 4) is 0 Å². The fourth-order valence-electron chi connectivity index (χ4n) is 3.27. The maximum absolute atomic E-state index is 14.3. The van der Waals surface area contributed by atoms with Crippen LogP contribution < -0.4 is 16.6 Å². The average Bonchev–Trinajstić information content (AvgIpc) is 3.31. The topological polar surface area (TPSA) is 90.1 Å². The molecule has 0 radical (unpaired) electrons. The van der Waals surface area contributed by atoms with E-state index < -0.39 is 36.0 Å². The van der Waals surface area contributed by atoms with Gasteiger partial charge in [-0.05, 0) is 28.1 Å². The van der Waals surface area contributed by atoms with Gasteiger partial charge in [-0.25, -0.2) is 18.9 Å². The van der Waals surface area contributed by atoms with E-state index in [1.807, 2.05) is 0 Å². The van der Waals surface area contributed by atoms with Crippen LogP contribution in [0.2, 0.25) is 0 Å². The lowest BCUT2D eigenvalue weighted by molar-refractivity contribution is -0.543. The Morgan fingerprint density at radius 3 is 2.50 bits per heavy atom. The Bertz CT molecular complexity index is 1340. The molecule has 1 aliphatic rings. The third kappa shape index (κ3) is 3.23. The molecular weight excluding hydrogens is 484 g/mol. The van der Waals surface area contributed by atoms with Crippen molar-refractivity contribution in [1.29, 1.82) is 0 Å². The summed E-state index contributed by atoms with van der Waals surface area (Å²) in [6.07, 6.45) is 3.12. The highest BCUT2D eigenvalue weighted by molar-refractivity contribution is 9.11. The van der Waals surface area contributed by atoms with Gasteiger partial charge in [-0.15, -0.1) is 11.3 Å². The van der Waals surface area contributed by atoms with Crippen LogP contribution in [0.15, 0.2) is 49.6 Å². The van der Waals surface area contributed by atoms with Gasteiger partial charge in [0.2, 0.25) is 5.82 Å². The Hall–Kier alpha value is -2.60. The first-order valence-electron chi connectivity index (χ1n) is 8.69. The number of aliphatic hydroxyl groups is 1. The van der Waals surface area contributed by atoms with E-state index in [9.17, 15) is 23.5 Å². The second-order valence-corrected chi connectivity index (χ2v) is 8.73. The predicted octanol–water partition coefficient (Wildman–Crippen LogP) is 1.67. The van der Waals surface area contributed by atoms with E-state index in [2.05, 4.69) is 15.9 Å². The molecule has 3 aromatic rings. The number of thiophene rings is 1. The molecule has 1 aliphatic heterocycles. The SMILES string of the molecule is COC1=CC=C(n2c(=O)c3c(CO)c(Br)sc3n(Cc3c(F)cccc3F)c2=O)[NH2+]1. The number of nitrogens with zero attached hydrogens (tertiary/aromatic N) is 2. The molecule has 30 heavy (non-hydrogen) atoms. The minimum absolute atomic E-state index is 0.103. The summed E-state index contributed by atoms with van der Waals surface area (Å²) < 4.78 is 36.2. The van der Waals surface area contributed by atoms with Crippen LogP contribution in [0.4, 0.5) is 8.78 Å². The molecule has 0 atom stereocenters. The van der Waals surface area contributed by atoms with Crippen LogP contribution >= 0.6 is 27.3 Å². The number of fused-ring (bicyclic) bond motifs is 1. The van der Waals surface area contributed by atoms with Crippen LogP contribution in [0.5, 0.6) is 0 Å². The number of quaternary nitrogens is 1. The fraction of sp³-hybridized carbons (Fsp3) is 0.158. The van der Waals surface area contributed by atoms with Gasteiger partial charge < -0.3 is 9.84 Å². The van der Waals surface area contributed by atoms with Gasteiger partial charge in [0.1, 0.15) is 16.5 Å². The smallest absolute Gasteiger partial charge is 0.341 e. The van der Waals surface area contributed by atoms with E-state index >= 15 is 0 Å². The van der Waals surface area contributed by atoms with E-state index in [0.717, 1.165) is 32.6 Å². The molecule has 0 saturated heterocycles. The van der Waals surface area contributed by atoms with Gasteiger partial charge >= 0.3 is 5.69 Å². The molecule has 0 saturated carbocycles. The van der Waals surface area contributed by atoms with Gasteiger partial charge in [0, 0.05) is 23.3 Å². The minimum atomic E-state index is -0.805. The van der Waals surface area contributed by atoms with E-state index in [-0.39, 0.29) is 21.6 Å². The Morgan fingerprint density at radius 1 is 1.20 bits per heavy atom. The summed E-state index contributed by atoms with van der Waals surface area (Å²) in [5.74, 6) is -0.920. The van der Waals surface area contributed by atoms with Crippen molar-refractivity contribution in [3.63, 3.8) is 0 Å². The summed E-state index contributed by atoms with van der Waals surface area (Å²) >= 11 is 4.34. The van der Waals surface area contributed by atoms with Crippen LogP contribution in [0.1, 0.15) is 11.1 Å². The molecule has 0 fully saturated rings. The maximum atomic E-state index is 14.3. The predicted molar refractivity (Wildman–Crippen MR) is 111 cm³/mol. The number of nitrogens with two attached hydrogens (primary N) is 1. The molecule has 156 valence electrons. The van der Waals surface area contributed by atoms with Crippen molar-refractivity contribution in [3.05, 3.63) is 83.6 Å². The Morgan fingerprint density at radius 2 is 1.90 bits per heavy atom. The summed E-state index contributed by atoms with van der Waals surface area (Å²) in [5.41, 5.74) is -1.41. The first-order chi connectivity index (χ1) is 14.4. The molecule has 1 aromatic carbocycles. The molecule has 0 aliphatic carbocycles. The molecule has 3 heterocycles. The molecule has 4 rings (SSSR count). The zero-order valence-electron chi connectivity index (χ0n) is 15.5. The zero-order chi connectivity index (χ0) is 21.6. The largest absolute Gasteiger partial charge is 0.455 e. The number of hydrogen-bond donors (Lipinski definition) is 2. The highest BCUT2D eigenvalue weighted by Crippen LogP contribution is 2.33. The summed E-state index contributed by atoms with van der Waals surface area (Å²) in [4.78, 5) is 26.7. The van der Waals surface area contributed by atoms with E-state index in [0.29, 0.717) is 15.2 Å². The summed E-state index contributed by atoms with van der Waals surface area (Å²) in [7, 11) is 1.45. The molecule has 0 unspecified atom stereocenters. The number of hydrogen-bond acceptors (Lipinski definition) is 5. The van der Waals surface area contributed by atoms with Crippen LogP contribution in [-0.2, 0) is 17.9 Å². The number of aromatic nitrogens is 2. The Balaban J connectivity index is 2.02. The van der Waals surface area contributed by atoms with Crippen molar-refractivity contribution >= 4 is 43.3 Å². The standard InChI is InChI=1S/C19H14BrF2N3O4S/c1-29-14-6-5-13(23-14)25-17(27)15-10(8-26)16(20)30-18(15)24(19(25)28)7-9-11(21)3-2-4-12(9)22/h2-6,23,26H,7-8H2,1H3/p+1. The zero-order valence-corrected chi connectivity index (χ0v) is 17.9. The lowest BCUT2D eigenvalue weighted by Crippen LogP contribution is -2.80. The molecular formula is C19H15BrF2N3O4S+. The number of benzene rings is 1. The number of methoxy groups -OCH3 is 1. The molecule has 0 amide bonds. The third-order valence-electron chi connectivity index (χ3n) is 4.76. The maximum Gasteiger partial charge on any atom is 0.341 e. The van der Waals surface area contributed by atoms with Gasteiger partial charge in [-0.3, -0.25) is 9.36 Å². The quantitative estimate of drug-likeness (QED) is 0.559. The summed E-state index contributed by atoms with van der Waals surface area (Å²) in [6.45, 7) is -0.879. The number of ether oxygens (including phenoxy) is 1. The first kappa shape index (κ1) is 20.7. The van der Waals surface area contributed by atoms with Crippen LogP contribution in [0.25, 0.3) is 16.0 Å². The van der Waals surface area contributed by atoms with E-state index in [1.165, 1.54) is 24.6 Å². The highest BCUT2D eigenvalue weighted by Gasteiger charge is 2.27. The first-order valence-corrected chi connectivity index (χ1v) is 10.3. The number of allylic oxidation sites excluding steroid dienone is 2. The van der Waals surface area contributed by atoms with Crippen LogP contribution in [0, 0.1) is 11.6 Å². The Labute approximate surface area is 180 Å². The van der Waals surface area contributed by atoms with Crippen molar-refractivity contribution in [1.82, 2.24) is 9.13 Å². The molecule has 3 N–H and O–H groups in total. The van der Waals surface area contributed by atoms with Crippen molar-refractivity contribution < 1.29 is 23.9 Å². The van der Waals surface area contributed by atoms with E-state index in [1.54, 1.807) is 6.08 Å². The van der Waals surface area contributed by atoms with Gasteiger partial charge in [0.05, 0.1) is 29.4 Å². The van der Waals surface area contributed by atoms with Crippen molar-refractivity contribution in [2.75, 3.05) is 7.11 Å². The number of rotatable bonds is 5. The summed E-state index contributed by atoms with van der Waals surface area (Å²) in [5, 5.41) is 11.4. The normalized spacial score (nSPS) is 13.6. The molecule has 11 heteroatoms. The van der Waals surface area contributed by atoms with Crippen molar-refractivity contribution in [2.45, 2.75) is 13.2 Å². The summed E-state index contributed by atoms with van der Waals surface area (Å²) in [6, 6.07) is 3.43. The monoisotopic (exact) mass is 498 g/mol. The molecule has 7 nitrogen and oxygen atoms in total. The van der Waals surface area contributed by atoms with Crippen LogP contribution in [0.3, 0.4) is 0 Å². The second kappa shape index (κ2) is 7.91. The second-order valence-electron chi connectivity index (χ2n) is 6.41. The Kier molecular flexibility index (Phi) is 5.45. The average molecular weight is 499 g/mol. The third-order valence-corrected chi connectivity index (χ3v) is 6.77. The lowest BCUT2D eigenvalue weighted by atomic mass is 10.2. The van der Waals surface area contributed by atoms with Gasteiger partial charge in [0.25, 0.3) is 11.4 Å². The number of halogens is 3. The highest BCUT2D eigenvalue weighted by atomic mass is 79.9. The molecule has 0 bridgehead atoms. The van der Waals surface area contributed by atoms with Gasteiger partial charge in [-0.2, -0.15) is 4.57 Å². The van der Waals surface area contributed by atoms with Crippen LogP contribution in [-0.4, -0.2) is 21.4 Å². The lowest BCUT2D eigenvalue weighted by Gasteiger charge is -2.13. The number of aliphatic hydroxyl groups excluding tert-OH is 1. The van der Waals surface area contributed by atoms with E-state index in [4.69, 9.17) is 4.74 Å². The molecule has 2 aromatic heterocycles. The fourth-order valence-corrected chi connectivity index (χ4v) is 5.08. The van der Waals surface area contributed by atoms with Gasteiger partial charge in [-0.1, -0.05) is 6.07 Å². The minimum Gasteiger partial charge on any atom is -0.455 e. The van der Waals surface area contributed by atoms with Gasteiger partial charge in [0.15, 0.2) is 0 Å². The van der Waals surface area contributed by atoms with Crippen molar-refractivity contribution in [2.24, 2.45) is 0 Å². The molecule has 0 spiro atoms.